The first kappa shape index (κ1) is 12.1. The van der Waals surface area contributed by atoms with Crippen molar-refractivity contribution < 1.29 is 0 Å². The first-order valence-corrected chi connectivity index (χ1v) is 6.28. The molecule has 0 amide bonds. The van der Waals surface area contributed by atoms with E-state index in [9.17, 15) is 0 Å². The number of imidazole rings is 1. The number of hydrogen-bond donors (Lipinski definition) is 1. The Morgan fingerprint density at radius 2 is 2.00 bits per heavy atom. The molecule has 0 aliphatic rings. The van der Waals surface area contributed by atoms with E-state index in [1.165, 1.54) is 0 Å². The molecule has 3 aromatic heterocycles. The molecule has 96 valence electrons. The van der Waals surface area contributed by atoms with Gasteiger partial charge in [-0.05, 0) is 18.2 Å². The normalized spacial score (nSPS) is 11.0. The van der Waals surface area contributed by atoms with Crippen LogP contribution >= 0.6 is 11.6 Å². The third kappa shape index (κ3) is 2.89. The van der Waals surface area contributed by atoms with Crippen LogP contribution in [0.1, 0.15) is 11.4 Å². The summed E-state index contributed by atoms with van der Waals surface area (Å²) in [5, 5.41) is 3.99. The number of rotatable bonds is 4. The predicted molar refractivity (Wildman–Crippen MR) is 72.8 cm³/mol. The lowest BCUT2D eigenvalue weighted by molar-refractivity contribution is 0.668. The standard InChI is InChI=1S/C13H12ClN5/c14-10-1-2-13-18-12(8-19(13)7-10)6-16-5-11-3-4-15-9-17-11/h1-4,7-9,16H,5-6H2. The van der Waals surface area contributed by atoms with Gasteiger partial charge in [0.25, 0.3) is 0 Å². The molecule has 0 bridgehead atoms. The smallest absolute Gasteiger partial charge is 0.137 e. The lowest BCUT2D eigenvalue weighted by atomic mass is 10.4. The lowest BCUT2D eigenvalue weighted by Crippen LogP contribution is -2.13. The summed E-state index contributed by atoms with van der Waals surface area (Å²) in [4.78, 5) is 12.5. The van der Waals surface area contributed by atoms with Gasteiger partial charge in [0, 0.05) is 31.7 Å². The van der Waals surface area contributed by atoms with E-state index in [1.807, 2.05) is 35.0 Å². The Morgan fingerprint density at radius 1 is 1.11 bits per heavy atom. The van der Waals surface area contributed by atoms with Gasteiger partial charge in [-0.2, -0.15) is 0 Å². The van der Waals surface area contributed by atoms with E-state index in [0.29, 0.717) is 18.1 Å². The lowest BCUT2D eigenvalue weighted by Gasteiger charge is -2.00. The number of aromatic nitrogens is 4. The van der Waals surface area contributed by atoms with Crippen molar-refractivity contribution in [3.8, 4) is 0 Å². The van der Waals surface area contributed by atoms with Gasteiger partial charge in [0.05, 0.1) is 16.4 Å². The van der Waals surface area contributed by atoms with E-state index < -0.39 is 0 Å². The maximum Gasteiger partial charge on any atom is 0.137 e. The van der Waals surface area contributed by atoms with Gasteiger partial charge in [0.1, 0.15) is 12.0 Å². The number of nitrogens with zero attached hydrogens (tertiary/aromatic N) is 4. The molecule has 0 aromatic carbocycles. The number of hydrogen-bond acceptors (Lipinski definition) is 4. The Labute approximate surface area is 115 Å². The van der Waals surface area contributed by atoms with Gasteiger partial charge in [0.2, 0.25) is 0 Å². The van der Waals surface area contributed by atoms with E-state index >= 15 is 0 Å². The van der Waals surface area contributed by atoms with Gasteiger partial charge in [-0.25, -0.2) is 15.0 Å². The van der Waals surface area contributed by atoms with Crippen LogP contribution < -0.4 is 5.32 Å². The number of halogens is 1. The fraction of sp³-hybridized carbons (Fsp3) is 0.154. The van der Waals surface area contributed by atoms with Gasteiger partial charge < -0.3 is 9.72 Å². The Kier molecular flexibility index (Phi) is 3.39. The Bertz CT molecular complexity index is 680. The van der Waals surface area contributed by atoms with E-state index in [1.54, 1.807) is 12.5 Å². The van der Waals surface area contributed by atoms with Crippen molar-refractivity contribution in [2.24, 2.45) is 0 Å². The van der Waals surface area contributed by atoms with Crippen molar-refractivity contribution in [3.05, 3.63) is 59.5 Å². The molecule has 0 spiro atoms. The van der Waals surface area contributed by atoms with Crippen LogP contribution in [0.25, 0.3) is 5.65 Å². The zero-order valence-electron chi connectivity index (χ0n) is 10.1. The largest absolute Gasteiger partial charge is 0.305 e. The molecule has 0 saturated heterocycles. The molecular formula is C13H12ClN5. The van der Waals surface area contributed by atoms with E-state index in [0.717, 1.165) is 17.0 Å². The summed E-state index contributed by atoms with van der Waals surface area (Å²) >= 11 is 5.93. The van der Waals surface area contributed by atoms with E-state index in [2.05, 4.69) is 20.3 Å². The topological polar surface area (TPSA) is 55.1 Å². The molecule has 0 atom stereocenters. The molecule has 0 fully saturated rings. The molecule has 3 rings (SSSR count). The minimum atomic E-state index is 0.684. The second-order valence-electron chi connectivity index (χ2n) is 4.15. The number of pyridine rings is 1. The Morgan fingerprint density at radius 3 is 2.84 bits per heavy atom. The minimum absolute atomic E-state index is 0.684. The van der Waals surface area contributed by atoms with Crippen LogP contribution in [0.5, 0.6) is 0 Å². The number of nitrogens with one attached hydrogen (secondary N) is 1. The molecule has 6 heteroatoms. The highest BCUT2D eigenvalue weighted by Gasteiger charge is 2.02. The summed E-state index contributed by atoms with van der Waals surface area (Å²) < 4.78 is 1.92. The third-order valence-corrected chi connectivity index (χ3v) is 2.94. The van der Waals surface area contributed by atoms with Crippen LogP contribution in [0.15, 0.2) is 43.1 Å². The zero-order valence-corrected chi connectivity index (χ0v) is 10.9. The first-order chi connectivity index (χ1) is 9.31. The van der Waals surface area contributed by atoms with E-state index in [4.69, 9.17) is 11.6 Å². The van der Waals surface area contributed by atoms with E-state index in [-0.39, 0.29) is 0 Å². The van der Waals surface area contributed by atoms with Gasteiger partial charge in [0.15, 0.2) is 0 Å². The SMILES string of the molecule is Clc1ccc2nc(CNCc3ccncn3)cn2c1. The van der Waals surface area contributed by atoms with Gasteiger partial charge in [-0.3, -0.25) is 0 Å². The quantitative estimate of drug-likeness (QED) is 0.791. The summed E-state index contributed by atoms with van der Waals surface area (Å²) in [6.45, 7) is 1.38. The van der Waals surface area contributed by atoms with Crippen molar-refractivity contribution in [2.45, 2.75) is 13.1 Å². The molecule has 1 N–H and O–H groups in total. The summed E-state index contributed by atoms with van der Waals surface area (Å²) in [7, 11) is 0. The highest BCUT2D eigenvalue weighted by Crippen LogP contribution is 2.11. The van der Waals surface area contributed by atoms with Crippen molar-refractivity contribution >= 4 is 17.2 Å². The maximum atomic E-state index is 5.93. The molecule has 19 heavy (non-hydrogen) atoms. The average molecular weight is 274 g/mol. The highest BCUT2D eigenvalue weighted by molar-refractivity contribution is 6.30. The van der Waals surface area contributed by atoms with Gasteiger partial charge in [-0.1, -0.05) is 11.6 Å². The van der Waals surface area contributed by atoms with Gasteiger partial charge >= 0.3 is 0 Å². The van der Waals surface area contributed by atoms with Crippen LogP contribution in [-0.4, -0.2) is 19.4 Å². The maximum absolute atomic E-state index is 5.93. The summed E-state index contributed by atoms with van der Waals surface area (Å²) in [6.07, 6.45) is 7.09. The third-order valence-electron chi connectivity index (χ3n) is 2.72. The van der Waals surface area contributed by atoms with Crippen molar-refractivity contribution in [1.29, 1.82) is 0 Å². The molecular weight excluding hydrogens is 262 g/mol. The van der Waals surface area contributed by atoms with Crippen molar-refractivity contribution in [3.63, 3.8) is 0 Å². The zero-order chi connectivity index (χ0) is 13.1. The van der Waals surface area contributed by atoms with Crippen molar-refractivity contribution in [2.75, 3.05) is 0 Å². The highest BCUT2D eigenvalue weighted by atomic mass is 35.5. The number of fused-ring (bicyclic) bond motifs is 1. The molecule has 0 radical (unpaired) electrons. The van der Waals surface area contributed by atoms with Crippen LogP contribution in [0.4, 0.5) is 0 Å². The average Bonchev–Trinajstić information content (AvgIpc) is 2.82. The van der Waals surface area contributed by atoms with Gasteiger partial charge in [-0.15, -0.1) is 0 Å². The van der Waals surface area contributed by atoms with Crippen LogP contribution in [0, 0.1) is 0 Å². The molecule has 3 aromatic rings. The summed E-state index contributed by atoms with van der Waals surface area (Å²) in [5.74, 6) is 0. The van der Waals surface area contributed by atoms with Crippen LogP contribution in [-0.2, 0) is 13.1 Å². The molecule has 0 saturated carbocycles. The molecule has 5 nitrogen and oxygen atoms in total. The fourth-order valence-electron chi connectivity index (χ4n) is 1.84. The predicted octanol–water partition coefficient (Wildman–Crippen LogP) is 2.07. The Balaban J connectivity index is 1.65. The fourth-order valence-corrected chi connectivity index (χ4v) is 2.01. The summed E-state index contributed by atoms with van der Waals surface area (Å²) in [5.41, 5.74) is 2.82. The second-order valence-corrected chi connectivity index (χ2v) is 4.59. The summed E-state index contributed by atoms with van der Waals surface area (Å²) in [6, 6.07) is 5.62. The first-order valence-electron chi connectivity index (χ1n) is 5.90. The minimum Gasteiger partial charge on any atom is -0.305 e. The molecule has 0 aliphatic heterocycles. The monoisotopic (exact) mass is 273 g/mol. The van der Waals surface area contributed by atoms with Crippen molar-refractivity contribution in [1.82, 2.24) is 24.7 Å². The molecule has 0 aliphatic carbocycles. The van der Waals surface area contributed by atoms with Crippen LogP contribution in [0.3, 0.4) is 0 Å². The molecule has 3 heterocycles. The molecule has 0 unspecified atom stereocenters. The Hall–Kier alpha value is -1.98. The second kappa shape index (κ2) is 5.34. The van der Waals surface area contributed by atoms with Crippen LogP contribution in [0.2, 0.25) is 5.02 Å².